The second-order valence-corrected chi connectivity index (χ2v) is 16.9. The van der Waals surface area contributed by atoms with Gasteiger partial charge in [0.2, 0.25) is 11.8 Å². The van der Waals surface area contributed by atoms with E-state index in [-0.39, 0.29) is 73.4 Å². The first-order chi connectivity index (χ1) is 29.1. The fourth-order valence-corrected chi connectivity index (χ4v) is 9.28. The number of hydrogen-bond donors (Lipinski definition) is 6. The number of aliphatic hydroxyl groups is 2. The van der Waals surface area contributed by atoms with Gasteiger partial charge in [0, 0.05) is 50.3 Å². The minimum Gasteiger partial charge on any atom is -0.445 e. The van der Waals surface area contributed by atoms with Crippen LogP contribution in [-0.4, -0.2) is 114 Å². The number of benzene rings is 3. The zero-order valence-corrected chi connectivity index (χ0v) is 34.4. The smallest absolute Gasteiger partial charge is 0.407 e. The molecule has 14 heteroatoms. The average Bonchev–Trinajstić information content (AvgIpc) is 3.24. The third-order valence-corrected chi connectivity index (χ3v) is 12.6. The molecule has 2 saturated heterocycles. The van der Waals surface area contributed by atoms with Gasteiger partial charge in [-0.05, 0) is 91.3 Å². The molecule has 0 unspecified atom stereocenters. The van der Waals surface area contributed by atoms with Gasteiger partial charge >= 0.3 is 6.09 Å². The highest BCUT2D eigenvalue weighted by atomic mass is 19.1. The molecule has 0 bridgehead atoms. The lowest BCUT2D eigenvalue weighted by atomic mass is 9.83. The summed E-state index contributed by atoms with van der Waals surface area (Å²) in [5, 5.41) is 28.6. The van der Waals surface area contributed by atoms with Crippen molar-refractivity contribution < 1.29 is 38.1 Å². The molecule has 7 N–H and O–H groups in total. The summed E-state index contributed by atoms with van der Waals surface area (Å²) in [7, 11) is 0. The van der Waals surface area contributed by atoms with Crippen LogP contribution in [0.2, 0.25) is 0 Å². The molecule has 4 fully saturated rings. The van der Waals surface area contributed by atoms with Crippen LogP contribution in [0.5, 0.6) is 0 Å². The zero-order chi connectivity index (χ0) is 42.4. The maximum Gasteiger partial charge on any atom is 0.407 e. The molecular weight excluding hydrogens is 771 g/mol. The number of nitrogens with one attached hydrogen (secondary N) is 3. The van der Waals surface area contributed by atoms with Crippen LogP contribution in [0.15, 0.2) is 78.9 Å². The minimum absolute atomic E-state index is 0.0411. The Morgan fingerprint density at radius 3 is 1.68 bits per heavy atom. The molecule has 4 aliphatic rings. The van der Waals surface area contributed by atoms with Crippen molar-refractivity contribution in [3.8, 4) is 0 Å². The Kier molecular flexibility index (Phi) is 16.8. The van der Waals surface area contributed by atoms with Crippen molar-refractivity contribution in [2.75, 3.05) is 39.4 Å². The highest BCUT2D eigenvalue weighted by Crippen LogP contribution is 2.28. The van der Waals surface area contributed by atoms with E-state index in [9.17, 15) is 33.4 Å². The standard InChI is InChI=1S/C27H34FN3O4.C19H28FN3O2/c28-22-12-10-19(11-13-22)14-23-16-31(25(17-32)26(33)29-23)15-21-8-4-5-9-24(21)30-27(34)35-18-20-6-2-1-3-7-20;20-15-7-5-13(6-8-15)9-16-11-23(18(12-24)19(25)22-16)10-14-3-1-2-4-17(14)21/h1-3,6-7,10-13,21,23-25,32H,4-5,8-9,14-18H2,(H,29,33)(H,30,34);5-8,14,16-18,24H,1-4,9-12,21H2,(H,22,25)/t21-,23-,24+,25-;14-,16-,17+,18-/m00/s1. The van der Waals surface area contributed by atoms with Crippen LogP contribution in [-0.2, 0) is 33.8 Å². The van der Waals surface area contributed by atoms with Gasteiger partial charge in [-0.1, -0.05) is 80.3 Å². The quantitative estimate of drug-likeness (QED) is 0.149. The van der Waals surface area contributed by atoms with E-state index in [2.05, 4.69) is 20.9 Å². The monoisotopic (exact) mass is 832 g/mol. The fraction of sp³-hybridized carbons (Fsp3) is 0.543. The third kappa shape index (κ3) is 13.0. The number of piperazine rings is 2. The predicted octanol–water partition coefficient (Wildman–Crippen LogP) is 4.06. The van der Waals surface area contributed by atoms with Gasteiger partial charge in [-0.3, -0.25) is 19.4 Å². The molecule has 2 heterocycles. The number of carbonyl (C=O) groups excluding carboxylic acids is 3. The van der Waals surface area contributed by atoms with E-state index in [0.717, 1.165) is 61.8 Å². The van der Waals surface area contributed by atoms with E-state index in [0.29, 0.717) is 38.4 Å². The number of nitrogens with zero attached hydrogens (tertiary/aromatic N) is 2. The van der Waals surface area contributed by atoms with E-state index in [1.54, 1.807) is 24.3 Å². The van der Waals surface area contributed by atoms with Crippen LogP contribution < -0.4 is 21.7 Å². The Labute approximate surface area is 352 Å². The Morgan fingerprint density at radius 2 is 1.17 bits per heavy atom. The Hall–Kier alpha value is -4.47. The first-order valence-corrected chi connectivity index (χ1v) is 21.6. The summed E-state index contributed by atoms with van der Waals surface area (Å²) in [4.78, 5) is 41.8. The maximum atomic E-state index is 13.3. The van der Waals surface area contributed by atoms with Crippen molar-refractivity contribution in [2.45, 2.75) is 107 Å². The number of hydrogen-bond acceptors (Lipinski definition) is 9. The number of alkyl carbamates (subject to hydrolysis) is 1. The molecule has 326 valence electrons. The largest absolute Gasteiger partial charge is 0.445 e. The van der Waals surface area contributed by atoms with Crippen LogP contribution >= 0.6 is 0 Å². The third-order valence-electron chi connectivity index (χ3n) is 12.6. The SMILES string of the molecule is N[C@@H]1CCCC[C@H]1CN1C[C@H](Cc2ccc(F)cc2)NC(=O)[C@@H]1CO.O=C(N[C@@H]1CCCC[C@H]1CN1C[C@H](Cc2ccc(F)cc2)NC(=O)[C@@H]1CO)OCc1ccccc1. The normalized spacial score (nSPS) is 27.5. The van der Waals surface area contributed by atoms with Crippen molar-refractivity contribution in [2.24, 2.45) is 17.6 Å². The zero-order valence-electron chi connectivity index (χ0n) is 34.4. The van der Waals surface area contributed by atoms with E-state index in [4.69, 9.17) is 10.5 Å². The van der Waals surface area contributed by atoms with Gasteiger partial charge in [0.25, 0.3) is 0 Å². The number of ether oxygens (including phenoxy) is 1. The first kappa shape index (κ1) is 45.1. The molecule has 2 aliphatic heterocycles. The molecule has 12 nitrogen and oxygen atoms in total. The molecule has 2 aliphatic carbocycles. The van der Waals surface area contributed by atoms with Crippen LogP contribution in [0.3, 0.4) is 0 Å². The van der Waals surface area contributed by atoms with Gasteiger partial charge in [0.1, 0.15) is 30.3 Å². The summed E-state index contributed by atoms with van der Waals surface area (Å²) >= 11 is 0. The van der Waals surface area contributed by atoms with E-state index in [1.807, 2.05) is 35.2 Å². The number of amides is 3. The van der Waals surface area contributed by atoms with Gasteiger partial charge in [0.15, 0.2) is 0 Å². The van der Waals surface area contributed by atoms with E-state index < -0.39 is 18.2 Å². The Morgan fingerprint density at radius 1 is 0.683 bits per heavy atom. The van der Waals surface area contributed by atoms with Crippen LogP contribution in [0.25, 0.3) is 0 Å². The topological polar surface area (TPSA) is 169 Å². The highest BCUT2D eigenvalue weighted by molar-refractivity contribution is 5.83. The highest BCUT2D eigenvalue weighted by Gasteiger charge is 2.39. The number of aliphatic hydroxyl groups excluding tert-OH is 2. The Balaban J connectivity index is 0.000000213. The molecule has 3 aromatic carbocycles. The molecule has 3 amide bonds. The van der Waals surface area contributed by atoms with Crippen molar-refractivity contribution in [3.05, 3.63) is 107 Å². The maximum absolute atomic E-state index is 13.3. The molecule has 0 spiro atoms. The van der Waals surface area contributed by atoms with E-state index >= 15 is 0 Å². The lowest BCUT2D eigenvalue weighted by Crippen LogP contribution is -2.63. The Bertz CT molecular complexity index is 1810. The molecule has 8 atom stereocenters. The summed E-state index contributed by atoms with van der Waals surface area (Å²) in [6.45, 7) is 2.37. The van der Waals surface area contributed by atoms with Crippen molar-refractivity contribution in [1.82, 2.24) is 25.8 Å². The number of carbonyl (C=O) groups is 3. The molecule has 60 heavy (non-hydrogen) atoms. The van der Waals surface area contributed by atoms with Crippen LogP contribution in [0, 0.1) is 23.5 Å². The summed E-state index contributed by atoms with van der Waals surface area (Å²) in [6.07, 6.45) is 9.15. The van der Waals surface area contributed by atoms with Crippen molar-refractivity contribution in [1.29, 1.82) is 0 Å². The van der Waals surface area contributed by atoms with Crippen LogP contribution in [0.1, 0.15) is 68.1 Å². The minimum atomic E-state index is -0.618. The summed E-state index contributed by atoms with van der Waals surface area (Å²) < 4.78 is 31.8. The molecule has 3 aromatic rings. The van der Waals surface area contributed by atoms with E-state index in [1.165, 1.54) is 37.1 Å². The summed E-state index contributed by atoms with van der Waals surface area (Å²) in [6, 6.07) is 21.1. The van der Waals surface area contributed by atoms with Crippen molar-refractivity contribution in [3.63, 3.8) is 0 Å². The number of halogens is 2. The molecule has 0 aromatic heterocycles. The molecular formula is C46H62F2N6O6. The first-order valence-electron chi connectivity index (χ1n) is 21.6. The molecule has 0 radical (unpaired) electrons. The predicted molar refractivity (Wildman–Crippen MR) is 224 cm³/mol. The van der Waals surface area contributed by atoms with Gasteiger partial charge < -0.3 is 36.6 Å². The van der Waals surface area contributed by atoms with Gasteiger partial charge in [-0.2, -0.15) is 0 Å². The number of nitrogens with two attached hydrogens (primary N) is 1. The average molecular weight is 833 g/mol. The second-order valence-electron chi connectivity index (χ2n) is 16.9. The van der Waals surface area contributed by atoms with Gasteiger partial charge in [0.05, 0.1) is 13.2 Å². The van der Waals surface area contributed by atoms with Crippen molar-refractivity contribution >= 4 is 17.9 Å². The lowest BCUT2D eigenvalue weighted by molar-refractivity contribution is -0.133. The van der Waals surface area contributed by atoms with Crippen LogP contribution in [0.4, 0.5) is 13.6 Å². The number of rotatable bonds is 13. The lowest BCUT2D eigenvalue weighted by Gasteiger charge is -2.42. The molecule has 7 rings (SSSR count). The second kappa shape index (κ2) is 22.4. The summed E-state index contributed by atoms with van der Waals surface area (Å²) in [5.41, 5.74) is 9.13. The molecule has 2 saturated carbocycles. The van der Waals surface area contributed by atoms with Gasteiger partial charge in [-0.25, -0.2) is 13.6 Å². The summed E-state index contributed by atoms with van der Waals surface area (Å²) in [5.74, 6) is -0.357. The fourth-order valence-electron chi connectivity index (χ4n) is 9.28. The van der Waals surface area contributed by atoms with Gasteiger partial charge in [-0.15, -0.1) is 0 Å².